The number of carbonyl (C=O) groups excluding carboxylic acids is 1. The van der Waals surface area contributed by atoms with E-state index in [1.54, 1.807) is 12.4 Å². The van der Waals surface area contributed by atoms with Gasteiger partial charge < -0.3 is 10.4 Å². The molecule has 108 valence electrons. The van der Waals surface area contributed by atoms with Crippen LogP contribution < -0.4 is 5.32 Å². The highest BCUT2D eigenvalue weighted by Crippen LogP contribution is 2.29. The SMILES string of the molecule is Cc1cnc(CNC(=O)C2CCCC(C(=O)O)C2)cn1. The number of aryl methyl sites for hydroxylation is 1. The number of aliphatic carboxylic acids is 1. The molecule has 1 aromatic rings. The maximum Gasteiger partial charge on any atom is 0.306 e. The van der Waals surface area contributed by atoms with Gasteiger partial charge in [-0.25, -0.2) is 0 Å². The highest BCUT2D eigenvalue weighted by molar-refractivity contribution is 5.80. The third-order valence-corrected chi connectivity index (χ3v) is 3.67. The number of rotatable bonds is 4. The zero-order valence-electron chi connectivity index (χ0n) is 11.5. The Kier molecular flexibility index (Phi) is 4.65. The number of amides is 1. The number of nitrogens with one attached hydrogen (secondary N) is 1. The predicted molar refractivity (Wildman–Crippen MR) is 71.7 cm³/mol. The van der Waals surface area contributed by atoms with Crippen molar-refractivity contribution >= 4 is 11.9 Å². The van der Waals surface area contributed by atoms with E-state index in [-0.39, 0.29) is 11.8 Å². The lowest BCUT2D eigenvalue weighted by atomic mass is 9.81. The van der Waals surface area contributed by atoms with Crippen LogP contribution in [-0.4, -0.2) is 27.0 Å². The Morgan fingerprint density at radius 3 is 2.70 bits per heavy atom. The second-order valence-corrected chi connectivity index (χ2v) is 5.27. The van der Waals surface area contributed by atoms with Gasteiger partial charge in [-0.2, -0.15) is 0 Å². The van der Waals surface area contributed by atoms with Crippen LogP contribution in [0, 0.1) is 18.8 Å². The van der Waals surface area contributed by atoms with Crippen molar-refractivity contribution in [3.63, 3.8) is 0 Å². The molecule has 0 radical (unpaired) electrons. The number of aromatic nitrogens is 2. The Morgan fingerprint density at radius 2 is 2.05 bits per heavy atom. The van der Waals surface area contributed by atoms with Crippen molar-refractivity contribution in [3.05, 3.63) is 23.8 Å². The average molecular weight is 277 g/mol. The minimum absolute atomic E-state index is 0.0849. The molecule has 1 saturated carbocycles. The van der Waals surface area contributed by atoms with E-state index < -0.39 is 11.9 Å². The van der Waals surface area contributed by atoms with Gasteiger partial charge in [-0.15, -0.1) is 0 Å². The zero-order valence-corrected chi connectivity index (χ0v) is 11.5. The largest absolute Gasteiger partial charge is 0.481 e. The fourth-order valence-electron chi connectivity index (χ4n) is 2.48. The third-order valence-electron chi connectivity index (χ3n) is 3.67. The standard InChI is InChI=1S/C14H19N3O3/c1-9-6-16-12(7-15-9)8-17-13(18)10-3-2-4-11(5-10)14(19)20/h6-7,10-11H,2-5,8H2,1H3,(H,17,18)(H,19,20). The minimum atomic E-state index is -0.799. The van der Waals surface area contributed by atoms with Gasteiger partial charge >= 0.3 is 5.97 Å². The van der Waals surface area contributed by atoms with Gasteiger partial charge in [-0.05, 0) is 26.2 Å². The van der Waals surface area contributed by atoms with Gasteiger partial charge in [0.2, 0.25) is 5.91 Å². The van der Waals surface area contributed by atoms with E-state index >= 15 is 0 Å². The van der Waals surface area contributed by atoms with Crippen molar-refractivity contribution in [2.24, 2.45) is 11.8 Å². The van der Waals surface area contributed by atoms with E-state index in [0.717, 1.165) is 18.5 Å². The lowest BCUT2D eigenvalue weighted by molar-refractivity contribution is -0.144. The molecule has 2 atom stereocenters. The Morgan fingerprint density at radius 1 is 1.30 bits per heavy atom. The van der Waals surface area contributed by atoms with Gasteiger partial charge in [-0.1, -0.05) is 6.42 Å². The third kappa shape index (κ3) is 3.76. The van der Waals surface area contributed by atoms with Gasteiger partial charge in [0.1, 0.15) is 0 Å². The van der Waals surface area contributed by atoms with Crippen molar-refractivity contribution in [3.8, 4) is 0 Å². The lowest BCUT2D eigenvalue weighted by Crippen LogP contribution is -2.35. The van der Waals surface area contributed by atoms with Crippen molar-refractivity contribution in [2.75, 3.05) is 0 Å². The Bertz CT molecular complexity index is 487. The molecule has 2 rings (SSSR count). The molecule has 1 aromatic heterocycles. The van der Waals surface area contributed by atoms with Gasteiger partial charge in [0.25, 0.3) is 0 Å². The highest BCUT2D eigenvalue weighted by Gasteiger charge is 2.30. The molecule has 2 N–H and O–H groups in total. The molecule has 1 heterocycles. The van der Waals surface area contributed by atoms with Crippen LogP contribution in [0.2, 0.25) is 0 Å². The van der Waals surface area contributed by atoms with Crippen molar-refractivity contribution < 1.29 is 14.7 Å². The zero-order chi connectivity index (χ0) is 14.5. The smallest absolute Gasteiger partial charge is 0.306 e. The van der Waals surface area contributed by atoms with Crippen LogP contribution in [0.15, 0.2) is 12.4 Å². The van der Waals surface area contributed by atoms with Crippen LogP contribution in [0.3, 0.4) is 0 Å². The number of nitrogens with zero attached hydrogens (tertiary/aromatic N) is 2. The van der Waals surface area contributed by atoms with Crippen LogP contribution in [0.1, 0.15) is 37.1 Å². The van der Waals surface area contributed by atoms with Crippen molar-refractivity contribution in [2.45, 2.75) is 39.2 Å². The van der Waals surface area contributed by atoms with Gasteiger partial charge in [-0.3, -0.25) is 19.6 Å². The molecular weight excluding hydrogens is 258 g/mol. The first kappa shape index (κ1) is 14.4. The molecule has 1 aliphatic carbocycles. The molecule has 1 aliphatic rings. The van der Waals surface area contributed by atoms with Crippen LogP contribution in [0.25, 0.3) is 0 Å². The van der Waals surface area contributed by atoms with E-state index in [4.69, 9.17) is 5.11 Å². The normalized spacial score (nSPS) is 22.2. The molecule has 0 aliphatic heterocycles. The molecular formula is C14H19N3O3. The molecule has 0 bridgehead atoms. The Balaban J connectivity index is 1.85. The molecule has 6 heteroatoms. The molecule has 6 nitrogen and oxygen atoms in total. The summed E-state index contributed by atoms with van der Waals surface area (Å²) in [5, 5.41) is 11.8. The van der Waals surface area contributed by atoms with Crippen LogP contribution in [0.4, 0.5) is 0 Å². The summed E-state index contributed by atoms with van der Waals surface area (Å²) in [6.07, 6.45) is 5.94. The minimum Gasteiger partial charge on any atom is -0.481 e. The maximum absolute atomic E-state index is 12.1. The highest BCUT2D eigenvalue weighted by atomic mass is 16.4. The van der Waals surface area contributed by atoms with Crippen molar-refractivity contribution in [1.29, 1.82) is 0 Å². The first-order valence-electron chi connectivity index (χ1n) is 6.84. The van der Waals surface area contributed by atoms with Gasteiger partial charge in [0.15, 0.2) is 0 Å². The average Bonchev–Trinajstić information content (AvgIpc) is 2.46. The summed E-state index contributed by atoms with van der Waals surface area (Å²) >= 11 is 0. The monoisotopic (exact) mass is 277 g/mol. The van der Waals surface area contributed by atoms with Crippen molar-refractivity contribution in [1.82, 2.24) is 15.3 Å². The number of carboxylic acids is 1. The fourth-order valence-corrected chi connectivity index (χ4v) is 2.48. The second kappa shape index (κ2) is 6.45. The predicted octanol–water partition coefficient (Wildman–Crippen LogP) is 1.29. The summed E-state index contributed by atoms with van der Waals surface area (Å²) in [7, 11) is 0. The summed E-state index contributed by atoms with van der Waals surface area (Å²) in [5.41, 5.74) is 1.53. The number of carboxylic acid groups (broad SMARTS) is 1. The summed E-state index contributed by atoms with van der Waals surface area (Å²) in [6, 6.07) is 0. The van der Waals surface area contributed by atoms with E-state index in [1.165, 1.54) is 0 Å². The van der Waals surface area contributed by atoms with Crippen LogP contribution >= 0.6 is 0 Å². The quantitative estimate of drug-likeness (QED) is 0.865. The molecule has 1 fully saturated rings. The number of hydrogen-bond donors (Lipinski definition) is 2. The Labute approximate surface area is 117 Å². The van der Waals surface area contributed by atoms with Crippen LogP contribution in [0.5, 0.6) is 0 Å². The summed E-state index contributed by atoms with van der Waals surface area (Å²) in [5.74, 6) is -1.48. The summed E-state index contributed by atoms with van der Waals surface area (Å²) in [6.45, 7) is 2.18. The van der Waals surface area contributed by atoms with Gasteiger partial charge in [0, 0.05) is 12.1 Å². The molecule has 2 unspecified atom stereocenters. The molecule has 0 spiro atoms. The fraction of sp³-hybridized carbons (Fsp3) is 0.571. The molecule has 0 saturated heterocycles. The van der Waals surface area contributed by atoms with E-state index in [9.17, 15) is 9.59 Å². The Hall–Kier alpha value is -1.98. The number of hydrogen-bond acceptors (Lipinski definition) is 4. The molecule has 20 heavy (non-hydrogen) atoms. The molecule has 0 aromatic carbocycles. The lowest BCUT2D eigenvalue weighted by Gasteiger charge is -2.25. The topological polar surface area (TPSA) is 92.2 Å². The van der Waals surface area contributed by atoms with E-state index in [1.807, 2.05) is 6.92 Å². The second-order valence-electron chi connectivity index (χ2n) is 5.27. The van der Waals surface area contributed by atoms with E-state index in [0.29, 0.717) is 25.1 Å². The summed E-state index contributed by atoms with van der Waals surface area (Å²) < 4.78 is 0. The first-order chi connectivity index (χ1) is 9.56. The maximum atomic E-state index is 12.1. The van der Waals surface area contributed by atoms with E-state index in [2.05, 4.69) is 15.3 Å². The number of carbonyl (C=O) groups is 2. The van der Waals surface area contributed by atoms with Crippen LogP contribution in [-0.2, 0) is 16.1 Å². The first-order valence-corrected chi connectivity index (χ1v) is 6.84. The van der Waals surface area contributed by atoms with Gasteiger partial charge in [0.05, 0.1) is 30.0 Å². The summed E-state index contributed by atoms with van der Waals surface area (Å²) in [4.78, 5) is 31.3. The molecule has 1 amide bonds.